The van der Waals surface area contributed by atoms with Gasteiger partial charge in [-0.2, -0.15) is 0 Å². The van der Waals surface area contributed by atoms with Crippen molar-refractivity contribution in [2.75, 3.05) is 18.8 Å². The molecule has 1 aromatic carbocycles. The van der Waals surface area contributed by atoms with Crippen molar-refractivity contribution >= 4 is 21.8 Å². The molecule has 2 saturated heterocycles. The molecule has 9 nitrogen and oxygen atoms in total. The minimum atomic E-state index is -3.33. The molecule has 1 saturated carbocycles. The Morgan fingerprint density at radius 3 is 2.40 bits per heavy atom. The Bertz CT molecular complexity index is 1180. The van der Waals surface area contributed by atoms with E-state index < -0.39 is 39.4 Å². The Balaban J connectivity index is 1.50. The highest BCUT2D eigenvalue weighted by Crippen LogP contribution is 2.39. The second kappa shape index (κ2) is 14.3. The number of carbonyl (C=O) groups excluding carboxylic acids is 2. The van der Waals surface area contributed by atoms with E-state index in [-0.39, 0.29) is 42.1 Å². The first-order chi connectivity index (χ1) is 20.2. The summed E-state index contributed by atoms with van der Waals surface area (Å²) < 4.78 is 31.1. The van der Waals surface area contributed by atoms with Crippen LogP contribution in [0.1, 0.15) is 85.1 Å². The molecule has 2 heterocycles. The first kappa shape index (κ1) is 33.7. The first-order valence-electron chi connectivity index (χ1n) is 16.2. The molecule has 3 aliphatic rings. The summed E-state index contributed by atoms with van der Waals surface area (Å²) in [5, 5.41) is 17.0. The standard InChI is InChI=1S/C33H53N3O6S/c1-22(2)17-30-29(15-16-43(30,40)41)42-32(39)34-26(18-23-11-7-6-8-12-23)28(37)21-36-20-25-14-10-9-13-24(25)19-27(36)31(38)35-33(3,4)5/h6-8,11-12,22,24-30,37H,9-10,13-21H2,1-5H3,(H,34,39)(H,35,38)/t24-,25+,26-,27?,28+,29-,30-/m0/s1. The van der Waals surface area contributed by atoms with E-state index in [1.54, 1.807) is 0 Å². The molecule has 0 bridgehead atoms. The lowest BCUT2D eigenvalue weighted by atomic mass is 9.72. The van der Waals surface area contributed by atoms with E-state index >= 15 is 0 Å². The van der Waals surface area contributed by atoms with Crippen molar-refractivity contribution in [1.29, 1.82) is 0 Å². The van der Waals surface area contributed by atoms with Gasteiger partial charge in [0.15, 0.2) is 9.84 Å². The molecule has 4 rings (SSSR count). The van der Waals surface area contributed by atoms with Gasteiger partial charge in [0.25, 0.3) is 0 Å². The molecule has 7 atom stereocenters. The van der Waals surface area contributed by atoms with Crippen LogP contribution < -0.4 is 10.6 Å². The van der Waals surface area contributed by atoms with Crippen molar-refractivity contribution in [3.8, 4) is 0 Å². The lowest BCUT2D eigenvalue weighted by molar-refractivity contribution is -0.132. The van der Waals surface area contributed by atoms with E-state index in [9.17, 15) is 23.1 Å². The van der Waals surface area contributed by atoms with E-state index in [0.717, 1.165) is 31.4 Å². The van der Waals surface area contributed by atoms with Crippen molar-refractivity contribution in [1.82, 2.24) is 15.5 Å². The fraction of sp³-hybridized carbons (Fsp3) is 0.758. The monoisotopic (exact) mass is 619 g/mol. The number of aliphatic hydroxyl groups excluding tert-OH is 1. The van der Waals surface area contributed by atoms with Crippen LogP contribution in [-0.4, -0.2) is 84.3 Å². The van der Waals surface area contributed by atoms with Crippen LogP contribution in [0.3, 0.4) is 0 Å². The number of rotatable bonds is 10. The molecule has 3 fully saturated rings. The molecule has 10 heteroatoms. The van der Waals surface area contributed by atoms with Crippen LogP contribution >= 0.6 is 0 Å². The molecular weight excluding hydrogens is 566 g/mol. The number of sulfone groups is 1. The molecule has 1 aliphatic carbocycles. The van der Waals surface area contributed by atoms with E-state index in [4.69, 9.17) is 4.74 Å². The molecule has 2 amide bonds. The van der Waals surface area contributed by atoms with Crippen molar-refractivity contribution in [3.63, 3.8) is 0 Å². The fourth-order valence-corrected chi connectivity index (χ4v) is 9.41. The van der Waals surface area contributed by atoms with Gasteiger partial charge in [-0.05, 0) is 76.2 Å². The summed E-state index contributed by atoms with van der Waals surface area (Å²) in [5.41, 5.74) is 0.577. The number of amides is 2. The zero-order valence-corrected chi connectivity index (χ0v) is 27.4. The SMILES string of the molecule is CC(C)C[C@H]1[C@@H](OC(=O)N[C@@H](Cc2ccccc2)[C@H](O)CN2C[C@H]3CCCC[C@H]3CC2C(=O)NC(C)(C)C)CCS1(=O)=O. The van der Waals surface area contributed by atoms with E-state index in [1.807, 2.05) is 65.0 Å². The summed E-state index contributed by atoms with van der Waals surface area (Å²) in [4.78, 5) is 28.9. The van der Waals surface area contributed by atoms with Gasteiger partial charge in [-0.15, -0.1) is 0 Å². The number of nitrogens with zero attached hydrogens (tertiary/aromatic N) is 1. The summed E-state index contributed by atoms with van der Waals surface area (Å²) in [6.45, 7) is 10.8. The third-order valence-electron chi connectivity index (χ3n) is 9.32. The second-order valence-electron chi connectivity index (χ2n) is 14.5. The van der Waals surface area contributed by atoms with Gasteiger partial charge in [0, 0.05) is 18.6 Å². The van der Waals surface area contributed by atoms with Gasteiger partial charge in [0.1, 0.15) is 6.10 Å². The van der Waals surface area contributed by atoms with Crippen molar-refractivity contribution in [3.05, 3.63) is 35.9 Å². The second-order valence-corrected chi connectivity index (χ2v) is 16.9. The maximum Gasteiger partial charge on any atom is 0.407 e. The third-order valence-corrected chi connectivity index (χ3v) is 11.5. The largest absolute Gasteiger partial charge is 0.445 e. The lowest BCUT2D eigenvalue weighted by Gasteiger charge is -2.47. The number of carbonyl (C=O) groups is 2. The molecule has 2 aliphatic heterocycles. The molecular formula is C33H53N3O6S. The number of nitrogens with one attached hydrogen (secondary N) is 2. The Hall–Kier alpha value is -2.17. The molecule has 3 N–H and O–H groups in total. The highest BCUT2D eigenvalue weighted by atomic mass is 32.2. The predicted molar refractivity (Wildman–Crippen MR) is 168 cm³/mol. The maximum atomic E-state index is 13.5. The summed E-state index contributed by atoms with van der Waals surface area (Å²) >= 11 is 0. The van der Waals surface area contributed by atoms with Crippen LogP contribution in [-0.2, 0) is 25.8 Å². The van der Waals surface area contributed by atoms with E-state index in [2.05, 4.69) is 15.5 Å². The lowest BCUT2D eigenvalue weighted by Crippen LogP contribution is -2.60. The predicted octanol–water partition coefficient (Wildman–Crippen LogP) is 4.08. The minimum Gasteiger partial charge on any atom is -0.445 e. The van der Waals surface area contributed by atoms with Gasteiger partial charge in [-0.25, -0.2) is 13.2 Å². The number of piperidine rings is 1. The van der Waals surface area contributed by atoms with Crippen LogP contribution in [0.15, 0.2) is 30.3 Å². The summed E-state index contributed by atoms with van der Waals surface area (Å²) in [6, 6.07) is 8.60. The third kappa shape index (κ3) is 9.41. The van der Waals surface area contributed by atoms with Gasteiger partial charge in [-0.3, -0.25) is 9.69 Å². The van der Waals surface area contributed by atoms with Crippen molar-refractivity contribution < 1.29 is 27.9 Å². The molecule has 1 unspecified atom stereocenters. The number of alkyl carbamates (subject to hydrolysis) is 1. The average molecular weight is 620 g/mol. The van der Waals surface area contributed by atoms with Crippen molar-refractivity contribution in [2.45, 2.75) is 121 Å². The van der Waals surface area contributed by atoms with Gasteiger partial charge < -0.3 is 20.5 Å². The molecule has 0 radical (unpaired) electrons. The molecule has 1 aromatic rings. The van der Waals surface area contributed by atoms with Crippen LogP contribution in [0.4, 0.5) is 4.79 Å². The Labute approximate surface area is 258 Å². The minimum absolute atomic E-state index is 0.00748. The normalized spacial score (nSPS) is 29.0. The molecule has 242 valence electrons. The van der Waals surface area contributed by atoms with Crippen molar-refractivity contribution in [2.24, 2.45) is 17.8 Å². The summed E-state index contributed by atoms with van der Waals surface area (Å²) in [7, 11) is -3.33. The highest BCUT2D eigenvalue weighted by molar-refractivity contribution is 7.92. The number of likely N-dealkylation sites (tertiary alicyclic amines) is 1. The van der Waals surface area contributed by atoms with Gasteiger partial charge in [0.05, 0.1) is 29.2 Å². The fourth-order valence-electron chi connectivity index (χ4n) is 7.22. The highest BCUT2D eigenvalue weighted by Gasteiger charge is 2.44. The first-order valence-corrected chi connectivity index (χ1v) is 17.9. The van der Waals surface area contributed by atoms with Gasteiger partial charge in [-0.1, -0.05) is 63.4 Å². The van der Waals surface area contributed by atoms with E-state index in [0.29, 0.717) is 24.7 Å². The van der Waals surface area contributed by atoms with Gasteiger partial charge >= 0.3 is 6.09 Å². The number of hydrogen-bond donors (Lipinski definition) is 3. The van der Waals surface area contributed by atoms with Crippen LogP contribution in [0.2, 0.25) is 0 Å². The smallest absolute Gasteiger partial charge is 0.407 e. The molecule has 43 heavy (non-hydrogen) atoms. The summed E-state index contributed by atoms with van der Waals surface area (Å²) in [6.07, 6.45) is 4.10. The van der Waals surface area contributed by atoms with Crippen LogP contribution in [0.25, 0.3) is 0 Å². The quantitative estimate of drug-likeness (QED) is 0.361. The topological polar surface area (TPSA) is 125 Å². The summed E-state index contributed by atoms with van der Waals surface area (Å²) in [5.74, 6) is 1.14. The molecule has 0 aromatic heterocycles. The maximum absolute atomic E-state index is 13.5. The Morgan fingerprint density at radius 1 is 1.07 bits per heavy atom. The van der Waals surface area contributed by atoms with Crippen LogP contribution in [0, 0.1) is 17.8 Å². The van der Waals surface area contributed by atoms with E-state index in [1.165, 1.54) is 12.8 Å². The number of hydrogen-bond acceptors (Lipinski definition) is 7. The number of aliphatic hydroxyl groups is 1. The van der Waals surface area contributed by atoms with Gasteiger partial charge in [0.2, 0.25) is 5.91 Å². The number of ether oxygens (including phenoxy) is 1. The number of β-amino-alcohol motifs (C(OH)–C–C–N with tert-alkyl or cyclic N) is 1. The Morgan fingerprint density at radius 2 is 1.74 bits per heavy atom. The van der Waals surface area contributed by atoms with Crippen LogP contribution in [0.5, 0.6) is 0 Å². The number of benzene rings is 1. The zero-order valence-electron chi connectivity index (χ0n) is 26.6. The number of fused-ring (bicyclic) bond motifs is 1. The Kier molecular flexibility index (Phi) is 11.2. The average Bonchev–Trinajstić information content (AvgIpc) is 3.19. The zero-order chi connectivity index (χ0) is 31.4. The molecule has 0 spiro atoms.